The minimum absolute atomic E-state index is 0. The smallest absolute Gasteiger partial charge is 0.716 e. The maximum Gasteiger partial charge on any atom is 1.00 e. The summed E-state index contributed by atoms with van der Waals surface area (Å²) in [5, 5.41) is 0. The Hall–Kier alpha value is 0.380. The van der Waals surface area contributed by atoms with Gasteiger partial charge in [0.15, 0.2) is 0 Å². The minimum Gasteiger partial charge on any atom is -0.716 e. The van der Waals surface area contributed by atoms with Crippen molar-refractivity contribution in [1.82, 2.24) is 0 Å². The maximum absolute atomic E-state index is 11.1. The summed E-state index contributed by atoms with van der Waals surface area (Å²) in [6.07, 6.45) is 41.8. The van der Waals surface area contributed by atoms with Crippen LogP contribution in [0.4, 0.5) is 0 Å². The number of carbonyl (C=O) groups excluding carboxylic acids is 1. The quantitative estimate of drug-likeness (QED) is 0.0322. The zero-order chi connectivity index (χ0) is 29.4. The average molecular weight is 611 g/mol. The van der Waals surface area contributed by atoms with Crippen molar-refractivity contribution in [3.8, 4) is 0 Å². The first-order chi connectivity index (χ1) is 19.5. The van der Waals surface area contributed by atoms with Gasteiger partial charge in [-0.05, 0) is 6.42 Å². The van der Waals surface area contributed by atoms with E-state index in [4.69, 9.17) is 0 Å². The van der Waals surface area contributed by atoms with Gasteiger partial charge in [0.2, 0.25) is 0 Å². The van der Waals surface area contributed by atoms with E-state index in [1.165, 1.54) is 173 Å². The number of hydrogen-bond donors (Lipinski definition) is 0. The Morgan fingerprint density at radius 3 is 0.829 bits per heavy atom. The number of rotatable bonds is 33. The Morgan fingerprint density at radius 1 is 0.439 bits per heavy atom. The average Bonchev–Trinajstić information content (AvgIpc) is 2.90. The molecule has 41 heavy (non-hydrogen) atoms. The van der Waals surface area contributed by atoms with E-state index in [0.717, 1.165) is 19.3 Å². The van der Waals surface area contributed by atoms with Crippen molar-refractivity contribution in [3.63, 3.8) is 0 Å². The molecular weight excluding hydrogens is 543 g/mol. The van der Waals surface area contributed by atoms with Crippen LogP contribution in [0.1, 0.15) is 212 Å². The van der Waals surface area contributed by atoms with Gasteiger partial charge in [0.1, 0.15) is 0 Å². The van der Waals surface area contributed by atoms with Crippen LogP contribution in [0.15, 0.2) is 0 Å². The first kappa shape index (κ1) is 43.5. The van der Waals surface area contributed by atoms with Crippen LogP contribution in [-0.4, -0.2) is 18.9 Å². The third-order valence-electron chi connectivity index (χ3n) is 8.18. The van der Waals surface area contributed by atoms with Crippen LogP contribution in [0.25, 0.3) is 0 Å². The predicted octanol–water partition coefficient (Wildman–Crippen LogP) is 8.50. The fourth-order valence-corrected chi connectivity index (χ4v) is 5.94. The van der Waals surface area contributed by atoms with Gasteiger partial charge in [-0.1, -0.05) is 200 Å². The molecule has 0 aliphatic carbocycles. The van der Waals surface area contributed by atoms with Crippen LogP contribution in [0.2, 0.25) is 0 Å². The standard InChI is InChI=1S/C34H68O5S.Na/c1-2-3-4-5-6-7-8-9-10-11-12-13-14-15-16-17-18-19-20-21-22-23-24-25-26-27-28-29-30-31-32-33-34(35)39-40(36,37)38;/h2-33H2,1H3,(H,36,37,38);/q;+1/p-1. The molecule has 0 fully saturated rings. The third-order valence-corrected chi connectivity index (χ3v) is 8.57. The fourth-order valence-electron chi connectivity index (χ4n) is 5.62. The summed E-state index contributed by atoms with van der Waals surface area (Å²) in [7, 11) is -4.91. The molecule has 7 heteroatoms. The van der Waals surface area contributed by atoms with E-state index in [2.05, 4.69) is 11.1 Å². The molecule has 5 nitrogen and oxygen atoms in total. The Bertz CT molecular complexity index is 627. The Balaban J connectivity index is 0. The van der Waals surface area contributed by atoms with Crippen molar-refractivity contribution in [1.29, 1.82) is 0 Å². The molecule has 0 heterocycles. The summed E-state index contributed by atoms with van der Waals surface area (Å²) in [5.41, 5.74) is 0. The zero-order valence-corrected chi connectivity index (χ0v) is 30.4. The zero-order valence-electron chi connectivity index (χ0n) is 27.6. The van der Waals surface area contributed by atoms with Crippen LogP contribution in [0.5, 0.6) is 0 Å². The Morgan fingerprint density at radius 2 is 0.634 bits per heavy atom. The van der Waals surface area contributed by atoms with Gasteiger partial charge in [-0.3, -0.25) is 4.79 Å². The van der Waals surface area contributed by atoms with Gasteiger partial charge in [-0.15, -0.1) is 0 Å². The molecule has 0 aromatic rings. The number of unbranched alkanes of at least 4 members (excludes halogenated alkanes) is 30. The van der Waals surface area contributed by atoms with Gasteiger partial charge in [0.05, 0.1) is 0 Å². The van der Waals surface area contributed by atoms with Crippen molar-refractivity contribution < 1.29 is 51.5 Å². The van der Waals surface area contributed by atoms with Gasteiger partial charge >= 0.3 is 35.5 Å². The van der Waals surface area contributed by atoms with Crippen molar-refractivity contribution >= 4 is 16.4 Å². The van der Waals surface area contributed by atoms with Crippen molar-refractivity contribution in [2.45, 2.75) is 212 Å². The molecule has 240 valence electrons. The van der Waals surface area contributed by atoms with Crippen molar-refractivity contribution in [2.24, 2.45) is 0 Å². The minimum atomic E-state index is -4.91. The Kier molecular flexibility index (Phi) is 37.0. The molecule has 0 atom stereocenters. The van der Waals surface area contributed by atoms with E-state index in [1.807, 2.05) is 0 Å². The van der Waals surface area contributed by atoms with Gasteiger partial charge in [-0.2, -0.15) is 0 Å². The van der Waals surface area contributed by atoms with E-state index in [0.29, 0.717) is 6.42 Å². The molecule has 0 aromatic heterocycles. The molecule has 0 spiro atoms. The summed E-state index contributed by atoms with van der Waals surface area (Å²) in [4.78, 5) is 11.1. The topological polar surface area (TPSA) is 83.5 Å². The van der Waals surface area contributed by atoms with E-state index in [-0.39, 0.29) is 36.0 Å². The van der Waals surface area contributed by atoms with E-state index >= 15 is 0 Å². The molecule has 0 saturated heterocycles. The maximum atomic E-state index is 11.1. The second-order valence-electron chi connectivity index (χ2n) is 12.2. The molecule has 0 rings (SSSR count). The summed E-state index contributed by atoms with van der Waals surface area (Å²) in [5.74, 6) is -0.939. The summed E-state index contributed by atoms with van der Waals surface area (Å²) in [6.45, 7) is 2.29. The number of carbonyl (C=O) groups is 1. The Labute approximate surface area is 278 Å². The largest absolute Gasteiger partial charge is 1.00 e. The number of hydrogen-bond acceptors (Lipinski definition) is 5. The normalized spacial score (nSPS) is 11.5. The van der Waals surface area contributed by atoms with Crippen molar-refractivity contribution in [3.05, 3.63) is 0 Å². The second kappa shape index (κ2) is 34.9. The first-order valence-corrected chi connectivity index (χ1v) is 19.0. The summed E-state index contributed by atoms with van der Waals surface area (Å²) in [6, 6.07) is 0. The first-order valence-electron chi connectivity index (χ1n) is 17.6. The SMILES string of the molecule is CCCCCCCCCCCCCCCCCCCCCCCCCCCCCCCCCC(=O)OS(=O)(=O)[O-].[Na+]. The van der Waals surface area contributed by atoms with Crippen LogP contribution >= 0.6 is 0 Å². The van der Waals surface area contributed by atoms with Gasteiger partial charge in [-0.25, -0.2) is 8.42 Å². The molecule has 0 aliphatic rings. The van der Waals surface area contributed by atoms with Gasteiger partial charge < -0.3 is 8.74 Å². The molecule has 0 aliphatic heterocycles. The monoisotopic (exact) mass is 610 g/mol. The predicted molar refractivity (Wildman–Crippen MR) is 169 cm³/mol. The van der Waals surface area contributed by atoms with Crippen LogP contribution in [0.3, 0.4) is 0 Å². The fraction of sp³-hybridized carbons (Fsp3) is 0.971. The van der Waals surface area contributed by atoms with E-state index < -0.39 is 16.4 Å². The van der Waals surface area contributed by atoms with Crippen LogP contribution < -0.4 is 29.6 Å². The second-order valence-corrected chi connectivity index (χ2v) is 13.2. The molecule has 0 amide bonds. The van der Waals surface area contributed by atoms with E-state index in [9.17, 15) is 17.8 Å². The molecule has 0 aromatic carbocycles. The molecule has 0 N–H and O–H groups in total. The molecule has 0 unspecified atom stereocenters. The molecular formula is C34H67NaO5S. The van der Waals surface area contributed by atoms with E-state index in [1.54, 1.807) is 0 Å². The van der Waals surface area contributed by atoms with Crippen LogP contribution in [-0.2, 0) is 19.4 Å². The summed E-state index contributed by atoms with van der Waals surface area (Å²) < 4.78 is 34.7. The van der Waals surface area contributed by atoms with Gasteiger partial charge in [0, 0.05) is 6.42 Å². The van der Waals surface area contributed by atoms with Crippen LogP contribution in [0, 0.1) is 0 Å². The molecule has 0 radical (unpaired) electrons. The third kappa shape index (κ3) is 40.4. The summed E-state index contributed by atoms with van der Waals surface area (Å²) >= 11 is 0. The molecule has 0 bridgehead atoms. The van der Waals surface area contributed by atoms with Crippen molar-refractivity contribution in [2.75, 3.05) is 0 Å². The van der Waals surface area contributed by atoms with Gasteiger partial charge in [0.25, 0.3) is 10.4 Å². The molecule has 0 saturated carbocycles.